The second kappa shape index (κ2) is 3.86. The van der Waals surface area contributed by atoms with E-state index in [-0.39, 0.29) is 11.2 Å². The van der Waals surface area contributed by atoms with E-state index in [0.29, 0.717) is 6.54 Å². The van der Waals surface area contributed by atoms with Crippen LogP contribution >= 0.6 is 11.3 Å². The summed E-state index contributed by atoms with van der Waals surface area (Å²) < 4.78 is 1.59. The van der Waals surface area contributed by atoms with Crippen molar-refractivity contribution in [3.63, 3.8) is 0 Å². The zero-order valence-electron chi connectivity index (χ0n) is 8.30. The number of aromatic nitrogens is 2. The van der Waals surface area contributed by atoms with Gasteiger partial charge in [-0.2, -0.15) is 0 Å². The van der Waals surface area contributed by atoms with Crippen molar-refractivity contribution in [1.29, 1.82) is 0 Å². The van der Waals surface area contributed by atoms with Crippen molar-refractivity contribution in [3.8, 4) is 0 Å². The van der Waals surface area contributed by atoms with Gasteiger partial charge in [0.05, 0.1) is 17.2 Å². The lowest BCUT2D eigenvalue weighted by Gasteiger charge is -2.03. The van der Waals surface area contributed by atoms with Gasteiger partial charge in [-0.15, -0.1) is 11.3 Å². The van der Waals surface area contributed by atoms with Crippen molar-refractivity contribution in [1.82, 2.24) is 9.55 Å². The first-order valence-corrected chi connectivity index (χ1v) is 5.34. The second-order valence-electron chi connectivity index (χ2n) is 3.24. The first kappa shape index (κ1) is 9.92. The van der Waals surface area contributed by atoms with Gasteiger partial charge in [-0.3, -0.25) is 4.79 Å². The quantitative estimate of drug-likeness (QED) is 0.830. The predicted octanol–water partition coefficient (Wildman–Crippen LogP) is 1.24. The zero-order valence-corrected chi connectivity index (χ0v) is 9.12. The molecular weight excluding hydrogens is 210 g/mol. The van der Waals surface area contributed by atoms with E-state index in [1.165, 1.54) is 0 Å². The Morgan fingerprint density at radius 1 is 1.60 bits per heavy atom. The molecule has 0 spiro atoms. The largest absolute Gasteiger partial charge is 0.394 e. The van der Waals surface area contributed by atoms with Crippen molar-refractivity contribution in [2.45, 2.75) is 13.5 Å². The van der Waals surface area contributed by atoms with Gasteiger partial charge >= 0.3 is 0 Å². The van der Waals surface area contributed by atoms with E-state index in [4.69, 9.17) is 5.73 Å². The molecule has 2 heterocycles. The number of nitrogens with two attached hydrogens (primary N) is 1. The van der Waals surface area contributed by atoms with Crippen LogP contribution in [0.5, 0.6) is 0 Å². The summed E-state index contributed by atoms with van der Waals surface area (Å²) in [5.74, 6) is 0. The molecule has 5 heteroatoms. The van der Waals surface area contributed by atoms with Gasteiger partial charge in [0.15, 0.2) is 0 Å². The molecule has 0 saturated heterocycles. The highest BCUT2D eigenvalue weighted by molar-refractivity contribution is 7.11. The first-order valence-electron chi connectivity index (χ1n) is 4.53. The summed E-state index contributed by atoms with van der Waals surface area (Å²) >= 11 is 1.59. The molecule has 0 fully saturated rings. The second-order valence-corrected chi connectivity index (χ2v) is 4.56. The molecule has 2 N–H and O–H groups in total. The Kier molecular flexibility index (Phi) is 2.55. The normalized spacial score (nSPS) is 10.5. The SMILES string of the molecule is Cc1ncc(Cn2cccc(N)c2=O)s1. The molecule has 2 aromatic heterocycles. The van der Waals surface area contributed by atoms with E-state index in [1.807, 2.05) is 6.92 Å². The predicted molar refractivity (Wildman–Crippen MR) is 61.1 cm³/mol. The maximum Gasteiger partial charge on any atom is 0.273 e. The average molecular weight is 221 g/mol. The monoisotopic (exact) mass is 221 g/mol. The van der Waals surface area contributed by atoms with Crippen molar-refractivity contribution in [2.24, 2.45) is 0 Å². The van der Waals surface area contributed by atoms with Crippen LogP contribution in [0, 0.1) is 6.92 Å². The average Bonchev–Trinajstić information content (AvgIpc) is 2.59. The maximum atomic E-state index is 11.6. The highest BCUT2D eigenvalue weighted by Crippen LogP contribution is 2.12. The van der Waals surface area contributed by atoms with E-state index in [0.717, 1.165) is 9.88 Å². The molecule has 15 heavy (non-hydrogen) atoms. The van der Waals surface area contributed by atoms with Crippen LogP contribution < -0.4 is 11.3 Å². The zero-order chi connectivity index (χ0) is 10.8. The number of nitrogens with zero attached hydrogens (tertiary/aromatic N) is 2. The van der Waals surface area contributed by atoms with Crippen LogP contribution in [0.4, 0.5) is 5.69 Å². The number of aryl methyl sites for hydroxylation is 1. The maximum absolute atomic E-state index is 11.6. The van der Waals surface area contributed by atoms with Gasteiger partial charge in [-0.05, 0) is 19.1 Å². The summed E-state index contributed by atoms with van der Waals surface area (Å²) in [5.41, 5.74) is 5.66. The van der Waals surface area contributed by atoms with Crippen molar-refractivity contribution < 1.29 is 0 Å². The number of pyridine rings is 1. The fourth-order valence-electron chi connectivity index (χ4n) is 1.33. The molecule has 0 unspecified atom stereocenters. The van der Waals surface area contributed by atoms with Gasteiger partial charge in [-0.1, -0.05) is 0 Å². The highest BCUT2D eigenvalue weighted by Gasteiger charge is 2.02. The Morgan fingerprint density at radius 2 is 2.40 bits per heavy atom. The third-order valence-electron chi connectivity index (χ3n) is 2.04. The van der Waals surface area contributed by atoms with Crippen LogP contribution in [0.15, 0.2) is 29.3 Å². The van der Waals surface area contributed by atoms with Crippen molar-refractivity contribution >= 4 is 17.0 Å². The highest BCUT2D eigenvalue weighted by atomic mass is 32.1. The van der Waals surface area contributed by atoms with Crippen LogP contribution in [0.1, 0.15) is 9.88 Å². The van der Waals surface area contributed by atoms with Crippen LogP contribution in [0.2, 0.25) is 0 Å². The van der Waals surface area contributed by atoms with Gasteiger partial charge in [0.1, 0.15) is 0 Å². The van der Waals surface area contributed by atoms with Crippen molar-refractivity contribution in [3.05, 3.63) is 44.8 Å². The van der Waals surface area contributed by atoms with Crippen molar-refractivity contribution in [2.75, 3.05) is 5.73 Å². The van der Waals surface area contributed by atoms with Gasteiger partial charge < -0.3 is 10.3 Å². The van der Waals surface area contributed by atoms with Crippen LogP contribution in [-0.2, 0) is 6.54 Å². The molecular formula is C10H11N3OS. The van der Waals surface area contributed by atoms with Crippen LogP contribution in [0.25, 0.3) is 0 Å². The minimum absolute atomic E-state index is 0.149. The Bertz CT molecular complexity index is 529. The third kappa shape index (κ3) is 2.07. The smallest absolute Gasteiger partial charge is 0.273 e. The van der Waals surface area contributed by atoms with Gasteiger partial charge in [-0.25, -0.2) is 4.98 Å². The molecule has 2 aromatic rings. The molecule has 0 aliphatic rings. The fraction of sp³-hybridized carbons (Fsp3) is 0.200. The third-order valence-corrected chi connectivity index (χ3v) is 2.94. The number of thiazole rings is 1. The fourth-order valence-corrected chi connectivity index (χ4v) is 2.12. The molecule has 0 atom stereocenters. The Morgan fingerprint density at radius 3 is 3.07 bits per heavy atom. The first-order chi connectivity index (χ1) is 7.16. The van der Waals surface area contributed by atoms with Crippen LogP contribution in [-0.4, -0.2) is 9.55 Å². The summed E-state index contributed by atoms with van der Waals surface area (Å²) in [7, 11) is 0. The summed E-state index contributed by atoms with van der Waals surface area (Å²) in [6.07, 6.45) is 3.52. The molecule has 4 nitrogen and oxygen atoms in total. The minimum Gasteiger partial charge on any atom is -0.394 e. The van der Waals surface area contributed by atoms with E-state index in [1.54, 1.807) is 40.4 Å². The molecule has 78 valence electrons. The lowest BCUT2D eigenvalue weighted by atomic mass is 10.4. The number of anilines is 1. The number of hydrogen-bond donors (Lipinski definition) is 1. The molecule has 0 radical (unpaired) electrons. The molecule has 0 aromatic carbocycles. The summed E-state index contributed by atoms with van der Waals surface area (Å²) in [6.45, 7) is 2.48. The van der Waals surface area contributed by atoms with Crippen LogP contribution in [0.3, 0.4) is 0 Å². The Balaban J connectivity index is 2.32. The number of hydrogen-bond acceptors (Lipinski definition) is 4. The topological polar surface area (TPSA) is 60.9 Å². The van der Waals surface area contributed by atoms with E-state index >= 15 is 0 Å². The number of nitrogen functional groups attached to an aromatic ring is 1. The lowest BCUT2D eigenvalue weighted by Crippen LogP contribution is -2.21. The van der Waals surface area contributed by atoms with E-state index < -0.39 is 0 Å². The lowest BCUT2D eigenvalue weighted by molar-refractivity contribution is 0.771. The number of rotatable bonds is 2. The Hall–Kier alpha value is -1.62. The molecule has 0 aliphatic carbocycles. The molecule has 0 saturated carbocycles. The van der Waals surface area contributed by atoms with Gasteiger partial charge in [0, 0.05) is 17.3 Å². The standard InChI is InChI=1S/C10H11N3OS/c1-7-12-5-8(15-7)6-13-4-2-3-9(11)10(13)14/h2-5H,6,11H2,1H3. The van der Waals surface area contributed by atoms with E-state index in [9.17, 15) is 4.79 Å². The molecule has 2 rings (SSSR count). The Labute approximate surface area is 91.0 Å². The molecule has 0 bridgehead atoms. The summed E-state index contributed by atoms with van der Waals surface area (Å²) in [5, 5.41) is 1.00. The summed E-state index contributed by atoms with van der Waals surface area (Å²) in [4.78, 5) is 16.8. The molecule has 0 amide bonds. The summed E-state index contributed by atoms with van der Waals surface area (Å²) in [6, 6.07) is 3.38. The van der Waals surface area contributed by atoms with Gasteiger partial charge in [0.25, 0.3) is 5.56 Å². The van der Waals surface area contributed by atoms with Gasteiger partial charge in [0.2, 0.25) is 0 Å². The van der Waals surface area contributed by atoms with E-state index in [2.05, 4.69) is 4.98 Å². The minimum atomic E-state index is -0.149. The molecule has 0 aliphatic heterocycles.